The van der Waals surface area contributed by atoms with Crippen molar-refractivity contribution < 1.29 is 18.0 Å². The minimum atomic E-state index is -4.41. The Morgan fingerprint density at radius 2 is 1.93 bits per heavy atom. The number of rotatable bonds is 2. The average Bonchev–Trinajstić information content (AvgIpc) is 2.97. The molecular formula is C19H15F3N4OS. The smallest absolute Gasteiger partial charge is 0.327 e. The second-order valence-electron chi connectivity index (χ2n) is 6.43. The van der Waals surface area contributed by atoms with E-state index in [4.69, 9.17) is 0 Å². The van der Waals surface area contributed by atoms with Crippen LogP contribution in [-0.4, -0.2) is 25.8 Å². The molecule has 144 valence electrons. The van der Waals surface area contributed by atoms with Gasteiger partial charge in [-0.15, -0.1) is 0 Å². The highest BCUT2D eigenvalue weighted by Gasteiger charge is 2.31. The lowest BCUT2D eigenvalue weighted by Crippen LogP contribution is -2.29. The van der Waals surface area contributed by atoms with Crippen molar-refractivity contribution in [3.8, 4) is 11.4 Å². The number of imidazole rings is 1. The first-order chi connectivity index (χ1) is 13.2. The van der Waals surface area contributed by atoms with Crippen molar-refractivity contribution in [2.45, 2.75) is 18.3 Å². The van der Waals surface area contributed by atoms with E-state index in [1.165, 1.54) is 6.07 Å². The van der Waals surface area contributed by atoms with Crippen LogP contribution in [0.5, 0.6) is 0 Å². The summed E-state index contributed by atoms with van der Waals surface area (Å²) in [5.74, 6) is 0.444. The van der Waals surface area contributed by atoms with Crippen LogP contribution >= 0.6 is 11.8 Å². The van der Waals surface area contributed by atoms with Crippen LogP contribution in [0.4, 0.5) is 18.0 Å². The molecule has 1 unspecified atom stereocenters. The molecule has 0 fully saturated rings. The molecule has 0 radical (unpaired) electrons. The van der Waals surface area contributed by atoms with Gasteiger partial charge in [0.1, 0.15) is 5.82 Å². The molecule has 9 heteroatoms. The molecule has 4 rings (SSSR count). The third-order valence-corrected chi connectivity index (χ3v) is 5.44. The highest BCUT2D eigenvalue weighted by Crippen LogP contribution is 2.33. The number of aromatic nitrogens is 2. The van der Waals surface area contributed by atoms with E-state index in [2.05, 4.69) is 15.5 Å². The molecule has 0 saturated heterocycles. The van der Waals surface area contributed by atoms with Crippen molar-refractivity contribution in [1.82, 2.24) is 15.0 Å². The fourth-order valence-corrected chi connectivity index (χ4v) is 3.91. The van der Waals surface area contributed by atoms with Crippen molar-refractivity contribution in [3.05, 3.63) is 53.6 Å². The van der Waals surface area contributed by atoms with Gasteiger partial charge >= 0.3 is 6.18 Å². The van der Waals surface area contributed by atoms with Crippen LogP contribution in [-0.2, 0) is 13.2 Å². The lowest BCUT2D eigenvalue weighted by Gasteiger charge is -2.18. The van der Waals surface area contributed by atoms with Gasteiger partial charge in [0.2, 0.25) is 0 Å². The van der Waals surface area contributed by atoms with Crippen LogP contribution in [0.25, 0.3) is 22.4 Å². The summed E-state index contributed by atoms with van der Waals surface area (Å²) >= 11 is 1.15. The molecule has 2 aromatic carbocycles. The number of nitrogens with zero attached hydrogens (tertiary/aromatic N) is 3. The number of carbonyl (C=O) groups excluding carboxylic acids is 1. The van der Waals surface area contributed by atoms with Crippen molar-refractivity contribution in [2.75, 3.05) is 0 Å². The van der Waals surface area contributed by atoms with Gasteiger partial charge in [0.15, 0.2) is 0 Å². The lowest BCUT2D eigenvalue weighted by molar-refractivity contribution is -0.137. The minimum absolute atomic E-state index is 0.113. The van der Waals surface area contributed by atoms with E-state index in [1.807, 2.05) is 25.1 Å². The Labute approximate surface area is 162 Å². The maximum absolute atomic E-state index is 13.0. The highest BCUT2D eigenvalue weighted by molar-refractivity contribution is 8.14. The van der Waals surface area contributed by atoms with Gasteiger partial charge in [-0.1, -0.05) is 30.0 Å². The molecule has 1 aliphatic heterocycles. The second-order valence-corrected chi connectivity index (χ2v) is 7.75. The minimum Gasteiger partial charge on any atom is -0.327 e. The molecule has 0 bridgehead atoms. The Bertz CT molecular complexity index is 1120. The van der Waals surface area contributed by atoms with Gasteiger partial charge in [-0.05, 0) is 31.2 Å². The first kappa shape index (κ1) is 18.5. The van der Waals surface area contributed by atoms with Gasteiger partial charge in [0.05, 0.1) is 27.6 Å². The first-order valence-corrected chi connectivity index (χ1v) is 9.30. The van der Waals surface area contributed by atoms with Crippen molar-refractivity contribution in [1.29, 1.82) is 0 Å². The zero-order valence-corrected chi connectivity index (χ0v) is 15.7. The van der Waals surface area contributed by atoms with Gasteiger partial charge in [-0.2, -0.15) is 18.3 Å². The number of alkyl halides is 3. The number of amides is 1. The molecular weight excluding hydrogens is 389 g/mol. The average molecular weight is 404 g/mol. The number of carbonyl (C=O) groups is 1. The quantitative estimate of drug-likeness (QED) is 0.667. The normalized spacial score (nSPS) is 17.5. The highest BCUT2D eigenvalue weighted by atomic mass is 32.2. The summed E-state index contributed by atoms with van der Waals surface area (Å²) in [4.78, 5) is 16.0. The summed E-state index contributed by atoms with van der Waals surface area (Å²) in [6, 6.07) is 10.7. The van der Waals surface area contributed by atoms with Crippen LogP contribution < -0.4 is 5.43 Å². The maximum atomic E-state index is 13.0. The predicted octanol–water partition coefficient (Wildman–Crippen LogP) is 4.81. The van der Waals surface area contributed by atoms with E-state index in [-0.39, 0.29) is 10.5 Å². The van der Waals surface area contributed by atoms with E-state index in [9.17, 15) is 18.0 Å². The fraction of sp³-hybridized carbons (Fsp3) is 0.211. The summed E-state index contributed by atoms with van der Waals surface area (Å²) in [6.07, 6.45) is -4.41. The van der Waals surface area contributed by atoms with Gasteiger partial charge in [0.25, 0.3) is 5.24 Å². The van der Waals surface area contributed by atoms with Crippen LogP contribution in [0.3, 0.4) is 0 Å². The van der Waals surface area contributed by atoms with Crippen molar-refractivity contribution in [3.63, 3.8) is 0 Å². The Balaban J connectivity index is 1.79. The summed E-state index contributed by atoms with van der Waals surface area (Å²) in [5.41, 5.74) is 5.09. The monoisotopic (exact) mass is 404 g/mol. The Hall–Kier alpha value is -2.81. The van der Waals surface area contributed by atoms with Crippen molar-refractivity contribution >= 4 is 33.7 Å². The number of fused-ring (bicyclic) bond motifs is 1. The van der Waals surface area contributed by atoms with Crippen LogP contribution in [0.2, 0.25) is 0 Å². The molecule has 2 heterocycles. The predicted molar refractivity (Wildman–Crippen MR) is 103 cm³/mol. The summed E-state index contributed by atoms with van der Waals surface area (Å²) in [6.45, 7) is 1.89. The summed E-state index contributed by atoms with van der Waals surface area (Å²) < 4.78 is 40.9. The molecule has 0 aliphatic carbocycles. The molecule has 3 aromatic rings. The number of halogens is 3. The molecule has 0 saturated carbocycles. The largest absolute Gasteiger partial charge is 0.416 e. The number of hydrogen-bond acceptors (Lipinski definition) is 4. The standard InChI is InChI=1S/C19H15F3N4OS/c1-10-16(24-25-18(27)28-10)11-6-7-15-14(9-11)23-17(26(15)2)12-4-3-5-13(8-12)19(20,21)22/h3-10H,1-2H3,(H,25,27). The third kappa shape index (κ3) is 3.26. The molecule has 0 spiro atoms. The molecule has 1 aliphatic rings. The van der Waals surface area contributed by atoms with Gasteiger partial charge in [-0.25, -0.2) is 10.4 Å². The molecule has 5 nitrogen and oxygen atoms in total. The topological polar surface area (TPSA) is 59.3 Å². The first-order valence-electron chi connectivity index (χ1n) is 8.43. The number of aryl methyl sites for hydroxylation is 1. The van der Waals surface area contributed by atoms with E-state index >= 15 is 0 Å². The third-order valence-electron chi connectivity index (χ3n) is 4.56. The molecule has 1 amide bonds. The molecule has 1 aromatic heterocycles. The van der Waals surface area contributed by atoms with Gasteiger partial charge in [-0.3, -0.25) is 4.79 Å². The fourth-order valence-electron chi connectivity index (χ4n) is 3.19. The van der Waals surface area contributed by atoms with Gasteiger partial charge < -0.3 is 4.57 Å². The zero-order valence-electron chi connectivity index (χ0n) is 14.9. The van der Waals surface area contributed by atoms with E-state index in [1.54, 1.807) is 17.7 Å². The Morgan fingerprint density at radius 3 is 2.64 bits per heavy atom. The molecule has 1 N–H and O–H groups in total. The van der Waals surface area contributed by atoms with Crippen molar-refractivity contribution in [2.24, 2.45) is 12.1 Å². The van der Waals surface area contributed by atoms with E-state index in [0.29, 0.717) is 16.9 Å². The second kappa shape index (κ2) is 6.66. The van der Waals surface area contributed by atoms with Gasteiger partial charge in [0, 0.05) is 18.2 Å². The van der Waals surface area contributed by atoms with Crippen LogP contribution in [0, 0.1) is 0 Å². The Kier molecular flexibility index (Phi) is 4.41. The summed E-state index contributed by atoms with van der Waals surface area (Å²) in [5, 5.41) is 3.81. The lowest BCUT2D eigenvalue weighted by atomic mass is 10.1. The molecule has 1 atom stereocenters. The van der Waals surface area contributed by atoms with Crippen LogP contribution in [0.1, 0.15) is 18.1 Å². The summed E-state index contributed by atoms with van der Waals surface area (Å²) in [7, 11) is 1.77. The van der Waals surface area contributed by atoms with E-state index < -0.39 is 11.7 Å². The molecule has 28 heavy (non-hydrogen) atoms. The number of hydrogen-bond donors (Lipinski definition) is 1. The number of benzene rings is 2. The number of hydrazone groups is 1. The number of thioether (sulfide) groups is 1. The maximum Gasteiger partial charge on any atom is 0.416 e. The number of nitrogens with one attached hydrogen (secondary N) is 1. The Morgan fingerprint density at radius 1 is 1.14 bits per heavy atom. The SMILES string of the molecule is CC1SC(=O)NN=C1c1ccc2c(c1)nc(-c1cccc(C(F)(F)F)c1)n2C. The van der Waals surface area contributed by atoms with E-state index in [0.717, 1.165) is 40.7 Å². The zero-order chi connectivity index (χ0) is 20.1. The van der Waals surface area contributed by atoms with Crippen LogP contribution in [0.15, 0.2) is 47.6 Å².